The second-order valence-corrected chi connectivity index (χ2v) is 5.64. The van der Waals surface area contributed by atoms with Gasteiger partial charge in [0.2, 0.25) is 11.6 Å². The largest absolute Gasteiger partial charge is 0.366 e. The van der Waals surface area contributed by atoms with Crippen molar-refractivity contribution in [2.75, 3.05) is 18.0 Å². The van der Waals surface area contributed by atoms with E-state index in [0.717, 1.165) is 48.5 Å². The molecule has 1 amide bonds. The Morgan fingerprint density at radius 1 is 1.43 bits per heavy atom. The van der Waals surface area contributed by atoms with Gasteiger partial charge in [-0.05, 0) is 32.3 Å². The number of hydrogen-bond donors (Lipinski definition) is 1. The topological polar surface area (TPSA) is 75.4 Å². The lowest BCUT2D eigenvalue weighted by Crippen LogP contribution is -2.47. The molecule has 2 aromatic heterocycles. The first-order valence-electron chi connectivity index (χ1n) is 7.25. The normalized spacial score (nSPS) is 19.0. The van der Waals surface area contributed by atoms with Gasteiger partial charge in [0.25, 0.3) is 0 Å². The highest BCUT2D eigenvalue weighted by Crippen LogP contribution is 2.28. The van der Waals surface area contributed by atoms with E-state index in [4.69, 9.17) is 0 Å². The molecule has 1 N–H and O–H groups in total. The van der Waals surface area contributed by atoms with Crippen LogP contribution >= 0.6 is 0 Å². The fourth-order valence-electron chi connectivity index (χ4n) is 3.00. The number of aryl methyl sites for hydroxylation is 1. The molecule has 1 aliphatic rings. The number of aromatic nitrogens is 4. The molecule has 7 heteroatoms. The smallest absolute Gasteiger partial charge is 0.217 e. The van der Waals surface area contributed by atoms with Gasteiger partial charge in [0.05, 0.1) is 11.4 Å². The Labute approximate surface area is 123 Å². The van der Waals surface area contributed by atoms with E-state index in [1.807, 2.05) is 6.92 Å². The maximum absolute atomic E-state index is 11.3. The Morgan fingerprint density at radius 3 is 3.00 bits per heavy atom. The van der Waals surface area contributed by atoms with Crippen LogP contribution in [-0.2, 0) is 4.79 Å². The van der Waals surface area contributed by atoms with Crippen LogP contribution in [0.5, 0.6) is 0 Å². The Hall–Kier alpha value is -2.18. The summed E-state index contributed by atoms with van der Waals surface area (Å²) in [5.74, 6) is 0.0251. The van der Waals surface area contributed by atoms with Crippen molar-refractivity contribution in [1.82, 2.24) is 25.1 Å². The van der Waals surface area contributed by atoms with Crippen molar-refractivity contribution in [1.29, 1.82) is 0 Å². The van der Waals surface area contributed by atoms with Crippen molar-refractivity contribution in [3.8, 4) is 0 Å². The van der Waals surface area contributed by atoms with Crippen LogP contribution in [0.1, 0.15) is 31.0 Å². The molecule has 7 nitrogen and oxygen atoms in total. The molecule has 1 atom stereocenters. The third-order valence-electron chi connectivity index (χ3n) is 4.04. The molecule has 1 aliphatic heterocycles. The maximum Gasteiger partial charge on any atom is 0.217 e. The lowest BCUT2D eigenvalue weighted by Gasteiger charge is -2.35. The minimum absolute atomic E-state index is 0.0251. The van der Waals surface area contributed by atoms with E-state index in [1.165, 1.54) is 0 Å². The minimum atomic E-state index is 0.0251. The molecule has 0 aliphatic carbocycles. The average Bonchev–Trinajstić information content (AvgIpc) is 2.87. The van der Waals surface area contributed by atoms with E-state index in [0.29, 0.717) is 0 Å². The van der Waals surface area contributed by atoms with E-state index in [-0.39, 0.29) is 11.9 Å². The fourth-order valence-corrected chi connectivity index (χ4v) is 3.00. The first kappa shape index (κ1) is 13.8. The molecule has 3 heterocycles. The van der Waals surface area contributed by atoms with Crippen LogP contribution in [0.3, 0.4) is 0 Å². The zero-order valence-electron chi connectivity index (χ0n) is 12.6. The Morgan fingerprint density at radius 2 is 2.24 bits per heavy atom. The molecule has 0 aromatic carbocycles. The first-order valence-corrected chi connectivity index (χ1v) is 7.25. The number of fused-ring (bicyclic) bond motifs is 1. The molecular formula is C14H20N6O. The fraction of sp³-hybridized carbons (Fsp3) is 0.571. The van der Waals surface area contributed by atoms with Gasteiger partial charge in [0.1, 0.15) is 6.33 Å². The summed E-state index contributed by atoms with van der Waals surface area (Å²) in [6, 6.07) is 0.187. The van der Waals surface area contributed by atoms with Gasteiger partial charge in [0.15, 0.2) is 0 Å². The number of anilines is 1. The molecule has 1 fully saturated rings. The monoisotopic (exact) mass is 288 g/mol. The molecule has 0 spiro atoms. The lowest BCUT2D eigenvalue weighted by molar-refractivity contribution is -0.119. The second kappa shape index (κ2) is 5.31. The first-order chi connectivity index (χ1) is 10.1. The number of piperidine rings is 1. The molecule has 112 valence electrons. The molecule has 1 saturated heterocycles. The number of carbonyl (C=O) groups is 1. The summed E-state index contributed by atoms with van der Waals surface area (Å²) in [5, 5.41) is 15.6. The molecule has 3 rings (SSSR count). The van der Waals surface area contributed by atoms with Crippen molar-refractivity contribution in [3.63, 3.8) is 0 Å². The van der Waals surface area contributed by atoms with Crippen LogP contribution in [-0.4, -0.2) is 44.8 Å². The SMILES string of the molecule is CC(=O)NC1CCCN(c2c(C)c(C)nn3cnnc23)C1. The van der Waals surface area contributed by atoms with Gasteiger partial charge in [-0.25, -0.2) is 0 Å². The van der Waals surface area contributed by atoms with Crippen molar-refractivity contribution in [2.24, 2.45) is 0 Å². The molecule has 2 aromatic rings. The highest BCUT2D eigenvalue weighted by molar-refractivity contribution is 5.74. The maximum atomic E-state index is 11.3. The zero-order chi connectivity index (χ0) is 15.0. The van der Waals surface area contributed by atoms with Crippen LogP contribution in [0.25, 0.3) is 5.65 Å². The number of amides is 1. The Balaban J connectivity index is 1.97. The van der Waals surface area contributed by atoms with Crippen LogP contribution in [0.2, 0.25) is 0 Å². The van der Waals surface area contributed by atoms with Crippen LogP contribution in [0.4, 0.5) is 5.69 Å². The van der Waals surface area contributed by atoms with Crippen LogP contribution < -0.4 is 10.2 Å². The van der Waals surface area contributed by atoms with E-state index in [9.17, 15) is 4.79 Å². The molecule has 0 saturated carbocycles. The average molecular weight is 288 g/mol. The highest BCUT2D eigenvalue weighted by atomic mass is 16.1. The van der Waals surface area contributed by atoms with E-state index >= 15 is 0 Å². The quantitative estimate of drug-likeness (QED) is 0.886. The van der Waals surface area contributed by atoms with Crippen LogP contribution in [0, 0.1) is 13.8 Å². The Bertz CT molecular complexity index is 679. The molecule has 0 radical (unpaired) electrons. The summed E-state index contributed by atoms with van der Waals surface area (Å²) in [4.78, 5) is 13.6. The number of carbonyl (C=O) groups excluding carboxylic acids is 1. The Kier molecular flexibility index (Phi) is 3.48. The van der Waals surface area contributed by atoms with Gasteiger partial charge in [-0.3, -0.25) is 4.79 Å². The number of rotatable bonds is 2. The van der Waals surface area contributed by atoms with Gasteiger partial charge < -0.3 is 10.2 Å². The predicted octanol–water partition coefficient (Wildman–Crippen LogP) is 0.846. The zero-order valence-corrected chi connectivity index (χ0v) is 12.6. The van der Waals surface area contributed by atoms with Gasteiger partial charge in [0, 0.05) is 26.1 Å². The summed E-state index contributed by atoms with van der Waals surface area (Å²) in [6.07, 6.45) is 3.69. The molecule has 1 unspecified atom stereocenters. The molecular weight excluding hydrogens is 268 g/mol. The van der Waals surface area contributed by atoms with Gasteiger partial charge in [-0.1, -0.05) is 0 Å². The highest BCUT2D eigenvalue weighted by Gasteiger charge is 2.25. The van der Waals surface area contributed by atoms with Gasteiger partial charge >= 0.3 is 0 Å². The number of hydrogen-bond acceptors (Lipinski definition) is 5. The summed E-state index contributed by atoms with van der Waals surface area (Å²) in [5.41, 5.74) is 3.95. The lowest BCUT2D eigenvalue weighted by atomic mass is 10.0. The van der Waals surface area contributed by atoms with Crippen molar-refractivity contribution < 1.29 is 4.79 Å². The van der Waals surface area contributed by atoms with E-state index in [1.54, 1.807) is 17.8 Å². The van der Waals surface area contributed by atoms with E-state index < -0.39 is 0 Å². The van der Waals surface area contributed by atoms with Crippen molar-refractivity contribution in [2.45, 2.75) is 39.7 Å². The third kappa shape index (κ3) is 2.55. The summed E-state index contributed by atoms with van der Waals surface area (Å²) in [7, 11) is 0. The van der Waals surface area contributed by atoms with Crippen molar-refractivity contribution >= 4 is 17.2 Å². The van der Waals surface area contributed by atoms with Gasteiger partial charge in [-0.15, -0.1) is 10.2 Å². The second-order valence-electron chi connectivity index (χ2n) is 5.64. The van der Waals surface area contributed by atoms with Crippen molar-refractivity contribution in [3.05, 3.63) is 17.6 Å². The third-order valence-corrected chi connectivity index (χ3v) is 4.04. The minimum Gasteiger partial charge on any atom is -0.366 e. The number of nitrogens with zero attached hydrogens (tertiary/aromatic N) is 5. The summed E-state index contributed by atoms with van der Waals surface area (Å²) < 4.78 is 1.72. The van der Waals surface area contributed by atoms with Crippen LogP contribution in [0.15, 0.2) is 6.33 Å². The summed E-state index contributed by atoms with van der Waals surface area (Å²) in [6.45, 7) is 7.38. The van der Waals surface area contributed by atoms with Gasteiger partial charge in [-0.2, -0.15) is 9.61 Å². The van der Waals surface area contributed by atoms with E-state index in [2.05, 4.69) is 32.4 Å². The molecule has 21 heavy (non-hydrogen) atoms. The summed E-state index contributed by atoms with van der Waals surface area (Å²) >= 11 is 0. The predicted molar refractivity (Wildman–Crippen MR) is 79.3 cm³/mol. The number of nitrogens with one attached hydrogen (secondary N) is 1. The molecule has 0 bridgehead atoms. The standard InChI is InChI=1S/C14H20N6O/c1-9-10(2)18-20-8-15-17-14(20)13(9)19-6-4-5-12(7-19)16-11(3)21/h8,12H,4-7H2,1-3H3,(H,16,21).